The number of para-hydroxylation sites is 8. The number of rotatable bonds is 7. The highest BCUT2D eigenvalue weighted by Gasteiger charge is 2.36. The first-order valence-corrected chi connectivity index (χ1v) is 26.3. The molecule has 11 aromatic carbocycles. The maximum absolute atomic E-state index is 12.9. The van der Waals surface area contributed by atoms with E-state index in [-0.39, 0.29) is 0 Å². The van der Waals surface area contributed by atoms with Gasteiger partial charge in [-0.15, -0.1) is 0 Å². The molecule has 0 aliphatic heterocycles. The summed E-state index contributed by atoms with van der Waals surface area (Å²) >= 11 is 0. The summed E-state index contributed by atoms with van der Waals surface area (Å²) in [7, 11) is 0. The maximum atomic E-state index is 12.9. The summed E-state index contributed by atoms with van der Waals surface area (Å²) in [6, 6.07) is 94.9. The van der Waals surface area contributed by atoms with E-state index in [0.717, 1.165) is 127 Å². The monoisotopic (exact) mass is 993 g/mol. The maximum Gasteiger partial charge on any atom is 0.164 e. The van der Waals surface area contributed by atoms with E-state index in [4.69, 9.17) is 9.97 Å². The molecule has 16 aromatic rings. The van der Waals surface area contributed by atoms with Crippen LogP contribution in [-0.2, 0) is 0 Å². The van der Waals surface area contributed by atoms with Crippen molar-refractivity contribution in [2.45, 2.75) is 0 Å². The zero-order valence-electron chi connectivity index (χ0n) is 42.0. The molecule has 362 valence electrons. The lowest BCUT2D eigenvalue weighted by atomic mass is 9.96. The highest BCUT2D eigenvalue weighted by Crippen LogP contribution is 2.51. The fourth-order valence-corrected chi connectivity index (χ4v) is 12.6. The van der Waals surface area contributed by atoms with E-state index >= 15 is 0 Å². The van der Waals surface area contributed by atoms with E-state index in [9.17, 15) is 5.26 Å². The molecule has 5 heterocycles. The van der Waals surface area contributed by atoms with Gasteiger partial charge in [0.05, 0.1) is 83.8 Å². The van der Waals surface area contributed by atoms with E-state index < -0.39 is 0 Å². The second kappa shape index (κ2) is 17.1. The molecule has 0 radical (unpaired) electrons. The Labute approximate surface area is 447 Å². The summed E-state index contributed by atoms with van der Waals surface area (Å²) in [5, 5.41) is 21.6. The predicted molar refractivity (Wildman–Crippen MR) is 320 cm³/mol. The van der Waals surface area contributed by atoms with Gasteiger partial charge in [0.1, 0.15) is 11.6 Å². The van der Waals surface area contributed by atoms with Crippen LogP contribution in [0, 0.1) is 11.3 Å². The molecule has 0 amide bonds. The highest BCUT2D eigenvalue weighted by atomic mass is 15.1. The van der Waals surface area contributed by atoms with Gasteiger partial charge >= 0.3 is 0 Å². The molecule has 0 fully saturated rings. The van der Waals surface area contributed by atoms with Crippen molar-refractivity contribution in [2.75, 3.05) is 0 Å². The third-order valence-electron chi connectivity index (χ3n) is 15.8. The second-order valence-electron chi connectivity index (χ2n) is 19.9. The summed E-state index contributed by atoms with van der Waals surface area (Å²) in [4.78, 5) is 11.6. The van der Waals surface area contributed by atoms with Crippen molar-refractivity contribution in [3.8, 4) is 62.7 Å². The fraction of sp³-hybridized carbons (Fsp3) is 0. The predicted octanol–water partition coefficient (Wildman–Crippen LogP) is 17.7. The molecular formula is C71H43N7. The number of nitrogens with zero attached hydrogens (tertiary/aromatic N) is 7. The van der Waals surface area contributed by atoms with E-state index in [0.29, 0.717) is 22.6 Å². The molecule has 0 saturated heterocycles. The Hall–Kier alpha value is -10.8. The van der Waals surface area contributed by atoms with Crippen LogP contribution in [0.3, 0.4) is 0 Å². The topological polar surface area (TPSA) is 69.3 Å². The van der Waals surface area contributed by atoms with Crippen LogP contribution in [0.1, 0.15) is 5.56 Å². The van der Waals surface area contributed by atoms with Gasteiger partial charge in [0, 0.05) is 54.2 Å². The Morgan fingerprint density at radius 1 is 0.269 bits per heavy atom. The number of fused-ring (bicyclic) bond motifs is 12. The molecule has 5 aromatic heterocycles. The third-order valence-corrected chi connectivity index (χ3v) is 15.8. The van der Waals surface area contributed by atoms with Crippen molar-refractivity contribution in [3.63, 3.8) is 0 Å². The third kappa shape index (κ3) is 6.26. The van der Waals surface area contributed by atoms with Gasteiger partial charge in [-0.05, 0) is 54.6 Å². The Morgan fingerprint density at radius 2 is 0.526 bits per heavy atom. The molecule has 0 aliphatic rings. The van der Waals surface area contributed by atoms with E-state index in [1.165, 1.54) is 0 Å². The molecule has 0 spiro atoms. The Kier molecular flexibility index (Phi) is 9.56. The summed E-state index contributed by atoms with van der Waals surface area (Å²) in [6.07, 6.45) is 0. The van der Waals surface area contributed by atoms with Crippen molar-refractivity contribution >= 4 is 87.2 Å². The van der Waals surface area contributed by atoms with Crippen LogP contribution in [0.4, 0.5) is 0 Å². The number of hydrogen-bond donors (Lipinski definition) is 0. The minimum Gasteiger partial charge on any atom is -0.307 e. The fourth-order valence-electron chi connectivity index (χ4n) is 12.6. The number of benzene rings is 11. The van der Waals surface area contributed by atoms with Crippen LogP contribution in [-0.4, -0.2) is 28.2 Å². The summed E-state index contributed by atoms with van der Waals surface area (Å²) in [6.45, 7) is 0. The summed E-state index contributed by atoms with van der Waals surface area (Å²) < 4.78 is 9.54. The Balaban J connectivity index is 1.27. The Bertz CT molecular complexity index is 4890. The number of aromatic nitrogens is 6. The molecule has 16 rings (SSSR count). The minimum atomic E-state index is 0.458. The van der Waals surface area contributed by atoms with Gasteiger partial charge in [-0.2, -0.15) is 5.26 Å². The van der Waals surface area contributed by atoms with Crippen LogP contribution < -0.4 is 0 Å². The highest BCUT2D eigenvalue weighted by molar-refractivity contribution is 6.17. The minimum absolute atomic E-state index is 0.458. The van der Waals surface area contributed by atoms with Crippen LogP contribution in [0.2, 0.25) is 0 Å². The number of hydrogen-bond acceptors (Lipinski definition) is 3. The lowest BCUT2D eigenvalue weighted by molar-refractivity contribution is 1.02. The summed E-state index contributed by atoms with van der Waals surface area (Å²) in [5.41, 5.74) is 15.4. The lowest BCUT2D eigenvalue weighted by Gasteiger charge is -2.29. The average Bonchev–Trinajstić information content (AvgIpc) is 4.34. The first-order chi connectivity index (χ1) is 38.7. The second-order valence-corrected chi connectivity index (χ2v) is 19.9. The van der Waals surface area contributed by atoms with Gasteiger partial charge < -0.3 is 18.3 Å². The van der Waals surface area contributed by atoms with Gasteiger partial charge in [0.2, 0.25) is 0 Å². The van der Waals surface area contributed by atoms with Crippen LogP contribution in [0.15, 0.2) is 261 Å². The zero-order valence-corrected chi connectivity index (χ0v) is 42.0. The average molecular weight is 994 g/mol. The van der Waals surface area contributed by atoms with Gasteiger partial charge in [0.25, 0.3) is 0 Å². The van der Waals surface area contributed by atoms with Crippen LogP contribution >= 0.6 is 0 Å². The van der Waals surface area contributed by atoms with Crippen molar-refractivity contribution in [1.82, 2.24) is 28.2 Å². The van der Waals surface area contributed by atoms with E-state index in [1.54, 1.807) is 0 Å². The van der Waals surface area contributed by atoms with Crippen molar-refractivity contribution in [3.05, 3.63) is 266 Å². The van der Waals surface area contributed by atoms with Gasteiger partial charge in [-0.3, -0.25) is 0 Å². The first-order valence-electron chi connectivity index (χ1n) is 26.3. The van der Waals surface area contributed by atoms with Gasteiger partial charge in [-0.1, -0.05) is 206 Å². The zero-order chi connectivity index (χ0) is 51.4. The largest absolute Gasteiger partial charge is 0.307 e. The smallest absolute Gasteiger partial charge is 0.164 e. The van der Waals surface area contributed by atoms with Crippen molar-refractivity contribution < 1.29 is 0 Å². The van der Waals surface area contributed by atoms with Crippen LogP contribution in [0.25, 0.3) is 144 Å². The molecule has 0 aliphatic carbocycles. The van der Waals surface area contributed by atoms with E-state index in [2.05, 4.69) is 273 Å². The molecule has 78 heavy (non-hydrogen) atoms. The van der Waals surface area contributed by atoms with E-state index in [1.807, 2.05) is 12.1 Å². The quantitative estimate of drug-likeness (QED) is 0.160. The van der Waals surface area contributed by atoms with Gasteiger partial charge in [0.15, 0.2) is 5.82 Å². The van der Waals surface area contributed by atoms with Crippen LogP contribution in [0.5, 0.6) is 0 Å². The molecule has 0 unspecified atom stereocenters. The number of nitriles is 1. The SMILES string of the molecule is N#Cc1c(-n2c3ccccc3c3ccccc32)c(-c2nc(-c3ccccc3)cc(-c3ccccc3)n2)c(-n2c3ccccc3c3ccccc32)c(-n2c3ccccc3c3ccccc32)c1-n1c2ccccc2c2ccccc21. The summed E-state index contributed by atoms with van der Waals surface area (Å²) in [5.74, 6) is 0.469. The van der Waals surface area contributed by atoms with Crippen molar-refractivity contribution in [2.24, 2.45) is 0 Å². The normalized spacial score (nSPS) is 11.8. The molecule has 0 N–H and O–H groups in total. The standard InChI is InChI=1S/C71H43N7/c72-44-55-67(75-58-35-15-7-27-47(58)48-28-8-16-36-59(48)75)66(71-73-56(45-23-3-1-4-24-45)43-57(74-71)46-25-5-2-6-26-46)69(77-62-39-19-11-31-51(62)52-32-12-20-40-63(52)77)70(78-64-41-21-13-33-53(64)54-34-14-22-42-65(54)78)68(55)76-60-37-17-9-29-49(60)50-30-10-18-38-61(50)76/h1-43H. The molecule has 0 saturated carbocycles. The molecule has 7 heteroatoms. The first kappa shape index (κ1) is 43.6. The molecule has 0 atom stereocenters. The Morgan fingerprint density at radius 3 is 0.833 bits per heavy atom. The molecule has 7 nitrogen and oxygen atoms in total. The molecular weight excluding hydrogens is 951 g/mol. The van der Waals surface area contributed by atoms with Crippen molar-refractivity contribution in [1.29, 1.82) is 5.26 Å². The molecule has 0 bridgehead atoms. The van der Waals surface area contributed by atoms with Gasteiger partial charge in [-0.25, -0.2) is 9.97 Å². The lowest BCUT2D eigenvalue weighted by Crippen LogP contribution is -2.17.